The van der Waals surface area contributed by atoms with Crippen molar-refractivity contribution in [3.8, 4) is 0 Å². The van der Waals surface area contributed by atoms with Crippen LogP contribution in [-0.2, 0) is 4.74 Å². The summed E-state index contributed by atoms with van der Waals surface area (Å²) < 4.78 is 5.83. The standard InChI is InChI=1S/C14H25N3O/c1-4-15-13(16-9-5-6-9)17-11-10-7-8-18-12(10)14(11,2)3/h9-12H,4-8H2,1-3H3,(H2,15,16,17). The molecule has 2 aliphatic carbocycles. The molecule has 0 radical (unpaired) electrons. The number of nitrogens with zero attached hydrogens (tertiary/aromatic N) is 1. The van der Waals surface area contributed by atoms with E-state index in [0.717, 1.165) is 19.1 Å². The summed E-state index contributed by atoms with van der Waals surface area (Å²) in [5, 5.41) is 7.15. The Morgan fingerprint density at radius 3 is 2.72 bits per heavy atom. The first kappa shape index (κ1) is 12.3. The number of hydrogen-bond donors (Lipinski definition) is 2. The first-order valence-electron chi connectivity index (χ1n) is 7.32. The van der Waals surface area contributed by atoms with E-state index in [1.54, 1.807) is 0 Å². The molecule has 0 aromatic carbocycles. The van der Waals surface area contributed by atoms with Gasteiger partial charge in [0.15, 0.2) is 5.96 Å². The van der Waals surface area contributed by atoms with E-state index in [1.807, 2.05) is 0 Å². The molecule has 4 nitrogen and oxygen atoms in total. The second-order valence-corrected chi connectivity index (χ2v) is 6.43. The highest BCUT2D eigenvalue weighted by Gasteiger charge is 2.59. The summed E-state index contributed by atoms with van der Waals surface area (Å²) in [5.74, 6) is 1.67. The number of fused-ring (bicyclic) bond motifs is 1. The van der Waals surface area contributed by atoms with Gasteiger partial charge in [-0.25, -0.2) is 0 Å². The van der Waals surface area contributed by atoms with Crippen molar-refractivity contribution in [1.29, 1.82) is 0 Å². The monoisotopic (exact) mass is 251 g/mol. The molecular weight excluding hydrogens is 226 g/mol. The van der Waals surface area contributed by atoms with Crippen LogP contribution in [0.25, 0.3) is 0 Å². The van der Waals surface area contributed by atoms with Gasteiger partial charge in [0.1, 0.15) is 0 Å². The molecule has 3 aliphatic rings. The van der Waals surface area contributed by atoms with Crippen LogP contribution >= 0.6 is 0 Å². The molecule has 0 bridgehead atoms. The van der Waals surface area contributed by atoms with E-state index in [4.69, 9.17) is 4.74 Å². The van der Waals surface area contributed by atoms with Gasteiger partial charge in [0.2, 0.25) is 0 Å². The van der Waals surface area contributed by atoms with Gasteiger partial charge in [0.25, 0.3) is 0 Å². The third-order valence-electron chi connectivity index (χ3n) is 4.63. The smallest absolute Gasteiger partial charge is 0.191 e. The van der Waals surface area contributed by atoms with Crippen LogP contribution in [0.3, 0.4) is 0 Å². The predicted octanol–water partition coefficient (Wildman–Crippen LogP) is 1.52. The van der Waals surface area contributed by atoms with Crippen molar-refractivity contribution in [2.24, 2.45) is 16.3 Å². The lowest BCUT2D eigenvalue weighted by atomic mass is 9.57. The molecule has 1 aliphatic heterocycles. The van der Waals surface area contributed by atoms with Gasteiger partial charge in [0.05, 0.1) is 6.10 Å². The summed E-state index contributed by atoms with van der Waals surface area (Å²) >= 11 is 0. The molecule has 102 valence electrons. The third-order valence-corrected chi connectivity index (χ3v) is 4.63. The highest BCUT2D eigenvalue weighted by atomic mass is 16.5. The lowest BCUT2D eigenvalue weighted by Crippen LogP contribution is -2.68. The van der Waals surface area contributed by atoms with Gasteiger partial charge in [0, 0.05) is 36.6 Å². The largest absolute Gasteiger partial charge is 0.377 e. The third kappa shape index (κ3) is 2.00. The van der Waals surface area contributed by atoms with E-state index >= 15 is 0 Å². The molecule has 2 N–H and O–H groups in total. The summed E-state index contributed by atoms with van der Waals surface area (Å²) in [6, 6.07) is 1.16. The van der Waals surface area contributed by atoms with Gasteiger partial charge in [-0.3, -0.25) is 4.99 Å². The van der Waals surface area contributed by atoms with Gasteiger partial charge >= 0.3 is 0 Å². The van der Waals surface area contributed by atoms with E-state index in [-0.39, 0.29) is 5.41 Å². The molecular formula is C14H25N3O. The zero-order valence-electron chi connectivity index (χ0n) is 11.7. The maximum Gasteiger partial charge on any atom is 0.191 e. The molecule has 0 aromatic heterocycles. The molecule has 0 spiro atoms. The van der Waals surface area contributed by atoms with Crippen molar-refractivity contribution in [1.82, 2.24) is 10.6 Å². The van der Waals surface area contributed by atoms with Crippen LogP contribution in [0.2, 0.25) is 0 Å². The SMILES string of the molecule is CCN=C(NC1CC1)NC1C2CCOC2C1(C)C. The molecule has 3 unspecified atom stereocenters. The fourth-order valence-corrected chi connectivity index (χ4v) is 3.48. The minimum absolute atomic E-state index is 0.223. The van der Waals surface area contributed by atoms with Gasteiger partial charge in [-0.1, -0.05) is 13.8 Å². The van der Waals surface area contributed by atoms with E-state index in [0.29, 0.717) is 24.1 Å². The Hall–Kier alpha value is -0.770. The molecule has 0 amide bonds. The average molecular weight is 251 g/mol. The second-order valence-electron chi connectivity index (χ2n) is 6.43. The summed E-state index contributed by atoms with van der Waals surface area (Å²) in [7, 11) is 0. The number of guanidine groups is 1. The number of rotatable bonds is 3. The lowest BCUT2D eigenvalue weighted by Gasteiger charge is -2.55. The normalized spacial score (nSPS) is 37.9. The van der Waals surface area contributed by atoms with Crippen LogP contribution in [0.1, 0.15) is 40.0 Å². The predicted molar refractivity (Wildman–Crippen MR) is 72.7 cm³/mol. The number of ether oxygens (including phenoxy) is 1. The van der Waals surface area contributed by atoms with Gasteiger partial charge in [-0.2, -0.15) is 0 Å². The van der Waals surface area contributed by atoms with E-state index in [1.165, 1.54) is 19.3 Å². The molecule has 4 heteroatoms. The van der Waals surface area contributed by atoms with Crippen molar-refractivity contribution >= 4 is 5.96 Å². The van der Waals surface area contributed by atoms with E-state index in [2.05, 4.69) is 36.4 Å². The zero-order valence-corrected chi connectivity index (χ0v) is 11.7. The summed E-state index contributed by atoms with van der Waals surface area (Å²) in [4.78, 5) is 4.56. The Morgan fingerprint density at radius 1 is 1.28 bits per heavy atom. The molecule has 1 saturated heterocycles. The van der Waals surface area contributed by atoms with Crippen molar-refractivity contribution in [2.45, 2.75) is 58.2 Å². The molecule has 18 heavy (non-hydrogen) atoms. The highest BCUT2D eigenvalue weighted by Crippen LogP contribution is 2.52. The summed E-state index contributed by atoms with van der Waals surface area (Å²) in [6.07, 6.45) is 4.20. The first-order valence-corrected chi connectivity index (χ1v) is 7.32. The number of nitrogens with one attached hydrogen (secondary N) is 2. The van der Waals surface area contributed by atoms with Gasteiger partial charge in [-0.15, -0.1) is 0 Å². The molecule has 3 rings (SSSR count). The highest BCUT2D eigenvalue weighted by molar-refractivity contribution is 5.81. The fourth-order valence-electron chi connectivity index (χ4n) is 3.48. The second kappa shape index (κ2) is 4.41. The molecule has 0 aromatic rings. The molecule has 3 fully saturated rings. The van der Waals surface area contributed by atoms with Crippen LogP contribution in [0.4, 0.5) is 0 Å². The van der Waals surface area contributed by atoms with Crippen molar-refractivity contribution in [3.05, 3.63) is 0 Å². The Kier molecular flexibility index (Phi) is 3.00. The Labute approximate surface area is 110 Å². The Balaban J connectivity index is 1.64. The van der Waals surface area contributed by atoms with Crippen LogP contribution in [-0.4, -0.2) is 37.3 Å². The maximum atomic E-state index is 5.83. The van der Waals surface area contributed by atoms with Crippen molar-refractivity contribution in [2.75, 3.05) is 13.2 Å². The molecule has 1 heterocycles. The topological polar surface area (TPSA) is 45.7 Å². The molecule has 2 saturated carbocycles. The summed E-state index contributed by atoms with van der Waals surface area (Å²) in [5.41, 5.74) is 0.223. The minimum atomic E-state index is 0.223. The van der Waals surface area contributed by atoms with Gasteiger partial charge < -0.3 is 15.4 Å². The van der Waals surface area contributed by atoms with Crippen LogP contribution in [0.5, 0.6) is 0 Å². The van der Waals surface area contributed by atoms with Gasteiger partial charge in [-0.05, 0) is 26.2 Å². The molecule has 3 atom stereocenters. The van der Waals surface area contributed by atoms with E-state index < -0.39 is 0 Å². The maximum absolute atomic E-state index is 5.83. The fraction of sp³-hybridized carbons (Fsp3) is 0.929. The van der Waals surface area contributed by atoms with Crippen molar-refractivity contribution < 1.29 is 4.74 Å². The minimum Gasteiger partial charge on any atom is -0.377 e. The zero-order chi connectivity index (χ0) is 12.8. The summed E-state index contributed by atoms with van der Waals surface area (Å²) in [6.45, 7) is 8.45. The van der Waals surface area contributed by atoms with E-state index in [9.17, 15) is 0 Å². The van der Waals surface area contributed by atoms with Crippen LogP contribution in [0, 0.1) is 11.3 Å². The van der Waals surface area contributed by atoms with Crippen LogP contribution in [0.15, 0.2) is 4.99 Å². The quantitative estimate of drug-likeness (QED) is 0.590. The van der Waals surface area contributed by atoms with Crippen molar-refractivity contribution in [3.63, 3.8) is 0 Å². The average Bonchev–Trinajstić information content (AvgIpc) is 3.02. The lowest BCUT2D eigenvalue weighted by molar-refractivity contribution is -0.106. The van der Waals surface area contributed by atoms with Crippen LogP contribution < -0.4 is 10.6 Å². The number of aliphatic imine (C=N–C) groups is 1. The number of hydrogen-bond acceptors (Lipinski definition) is 2. The Morgan fingerprint density at radius 2 is 2.06 bits per heavy atom. The first-order chi connectivity index (χ1) is 8.63. The Bertz CT molecular complexity index is 349.